The second kappa shape index (κ2) is 7.29. The van der Waals surface area contributed by atoms with Gasteiger partial charge in [-0.05, 0) is 44.0 Å². The summed E-state index contributed by atoms with van der Waals surface area (Å²) in [6.07, 6.45) is 2.14. The molecule has 0 saturated heterocycles. The van der Waals surface area contributed by atoms with Crippen molar-refractivity contribution in [2.75, 3.05) is 26.2 Å². The van der Waals surface area contributed by atoms with Gasteiger partial charge in [-0.3, -0.25) is 4.90 Å². The third-order valence-corrected chi connectivity index (χ3v) is 4.42. The fourth-order valence-corrected chi connectivity index (χ4v) is 2.70. The molecule has 0 aliphatic carbocycles. The van der Waals surface area contributed by atoms with Crippen molar-refractivity contribution in [3.63, 3.8) is 0 Å². The minimum atomic E-state index is 0.572. The fourth-order valence-electron chi connectivity index (χ4n) is 1.59. The Kier molecular flexibility index (Phi) is 6.38. The van der Waals surface area contributed by atoms with E-state index in [2.05, 4.69) is 47.1 Å². The number of thioether (sulfide) groups is 1. The Labute approximate surface area is 117 Å². The zero-order valence-electron chi connectivity index (χ0n) is 10.9. The van der Waals surface area contributed by atoms with Crippen LogP contribution in [-0.2, 0) is 6.54 Å². The van der Waals surface area contributed by atoms with E-state index < -0.39 is 0 Å². The van der Waals surface area contributed by atoms with Crippen LogP contribution in [0.25, 0.3) is 0 Å². The predicted molar refractivity (Wildman–Crippen MR) is 80.0 cm³/mol. The normalized spacial score (nSPS) is 12.8. The lowest BCUT2D eigenvalue weighted by Gasteiger charge is -2.24. The first-order valence-electron chi connectivity index (χ1n) is 5.60. The molecule has 0 bridgehead atoms. The summed E-state index contributed by atoms with van der Waals surface area (Å²) in [7, 11) is 3.86. The Morgan fingerprint density at radius 3 is 2.76 bits per heavy atom. The monoisotopic (exact) mass is 317 g/mol. The number of rotatable bonds is 6. The largest absolute Gasteiger partial charge is 0.497 e. The molecule has 0 N–H and O–H groups in total. The van der Waals surface area contributed by atoms with Crippen molar-refractivity contribution in [3.05, 3.63) is 28.2 Å². The molecule has 0 aliphatic rings. The van der Waals surface area contributed by atoms with Crippen molar-refractivity contribution >= 4 is 27.7 Å². The van der Waals surface area contributed by atoms with Crippen molar-refractivity contribution in [2.45, 2.75) is 19.5 Å². The first kappa shape index (κ1) is 14.9. The summed E-state index contributed by atoms with van der Waals surface area (Å²) in [5.41, 5.74) is 1.26. The van der Waals surface area contributed by atoms with Crippen LogP contribution in [0.15, 0.2) is 22.7 Å². The lowest BCUT2D eigenvalue weighted by Crippen LogP contribution is -2.30. The van der Waals surface area contributed by atoms with Gasteiger partial charge in [0.05, 0.1) is 7.11 Å². The summed E-state index contributed by atoms with van der Waals surface area (Å²) in [6, 6.07) is 6.68. The summed E-state index contributed by atoms with van der Waals surface area (Å²) < 4.78 is 6.40. The maximum Gasteiger partial charge on any atom is 0.119 e. The van der Waals surface area contributed by atoms with Crippen LogP contribution in [0.3, 0.4) is 0 Å². The summed E-state index contributed by atoms with van der Waals surface area (Å²) >= 11 is 5.47. The second-order valence-electron chi connectivity index (χ2n) is 4.18. The summed E-state index contributed by atoms with van der Waals surface area (Å²) in [5, 5.41) is 0. The number of hydrogen-bond acceptors (Lipinski definition) is 3. The average molecular weight is 318 g/mol. The van der Waals surface area contributed by atoms with Crippen molar-refractivity contribution in [2.24, 2.45) is 0 Å². The molecule has 1 aromatic carbocycles. The van der Waals surface area contributed by atoms with Gasteiger partial charge in [-0.2, -0.15) is 11.8 Å². The molecule has 0 fully saturated rings. The predicted octanol–water partition coefficient (Wildman–Crippen LogP) is 3.64. The Morgan fingerprint density at radius 2 is 2.18 bits per heavy atom. The van der Waals surface area contributed by atoms with Crippen LogP contribution in [0.1, 0.15) is 12.5 Å². The van der Waals surface area contributed by atoms with E-state index in [4.69, 9.17) is 4.74 Å². The molecule has 1 atom stereocenters. The topological polar surface area (TPSA) is 12.5 Å². The number of nitrogens with zero attached hydrogens (tertiary/aromatic N) is 1. The van der Waals surface area contributed by atoms with Gasteiger partial charge < -0.3 is 4.74 Å². The molecule has 96 valence electrons. The van der Waals surface area contributed by atoms with Crippen molar-refractivity contribution < 1.29 is 4.74 Å². The van der Waals surface area contributed by atoms with Crippen molar-refractivity contribution in [3.8, 4) is 5.75 Å². The number of methoxy groups -OCH3 is 1. The van der Waals surface area contributed by atoms with E-state index in [1.807, 2.05) is 23.9 Å². The zero-order valence-corrected chi connectivity index (χ0v) is 13.3. The van der Waals surface area contributed by atoms with Crippen LogP contribution in [0.2, 0.25) is 0 Å². The minimum Gasteiger partial charge on any atom is -0.497 e. The quantitative estimate of drug-likeness (QED) is 0.794. The number of hydrogen-bond donors (Lipinski definition) is 0. The number of ether oxygens (including phenoxy) is 1. The summed E-state index contributed by atoms with van der Waals surface area (Å²) in [6.45, 7) is 3.18. The van der Waals surface area contributed by atoms with Crippen LogP contribution in [0.5, 0.6) is 5.75 Å². The Balaban J connectivity index is 2.73. The lowest BCUT2D eigenvalue weighted by atomic mass is 10.2. The maximum atomic E-state index is 5.26. The van der Waals surface area contributed by atoms with E-state index in [0.29, 0.717) is 6.04 Å². The number of halogens is 1. The molecule has 0 aliphatic heterocycles. The molecule has 0 amide bonds. The molecule has 0 spiro atoms. The second-order valence-corrected chi connectivity index (χ2v) is 5.94. The summed E-state index contributed by atoms with van der Waals surface area (Å²) in [4.78, 5) is 2.36. The molecule has 1 rings (SSSR count). The van der Waals surface area contributed by atoms with Crippen LogP contribution in [0.4, 0.5) is 0 Å². The van der Waals surface area contributed by atoms with Crippen LogP contribution in [0, 0.1) is 0 Å². The van der Waals surface area contributed by atoms with Crippen molar-refractivity contribution in [1.29, 1.82) is 0 Å². The van der Waals surface area contributed by atoms with E-state index in [9.17, 15) is 0 Å². The molecular formula is C13H20BrNOS. The molecule has 0 saturated carbocycles. The smallest absolute Gasteiger partial charge is 0.119 e. The highest BCUT2D eigenvalue weighted by molar-refractivity contribution is 9.10. The molecule has 0 aromatic heterocycles. The SMILES string of the molecule is COc1ccc(Br)c(CN(C)C(C)CSC)c1. The van der Waals surface area contributed by atoms with E-state index in [1.54, 1.807) is 7.11 Å². The molecule has 4 heteroatoms. The van der Waals surface area contributed by atoms with Crippen LogP contribution in [-0.4, -0.2) is 37.1 Å². The van der Waals surface area contributed by atoms with Gasteiger partial charge in [-0.1, -0.05) is 15.9 Å². The van der Waals surface area contributed by atoms with Gasteiger partial charge in [0.2, 0.25) is 0 Å². The third-order valence-electron chi connectivity index (χ3n) is 2.83. The Morgan fingerprint density at radius 1 is 1.47 bits per heavy atom. The highest BCUT2D eigenvalue weighted by atomic mass is 79.9. The highest BCUT2D eigenvalue weighted by Crippen LogP contribution is 2.24. The first-order valence-corrected chi connectivity index (χ1v) is 7.78. The summed E-state index contributed by atoms with van der Waals surface area (Å²) in [5.74, 6) is 2.06. The van der Waals surface area contributed by atoms with Crippen LogP contribution >= 0.6 is 27.7 Å². The van der Waals surface area contributed by atoms with E-state index in [1.165, 1.54) is 5.56 Å². The third kappa shape index (κ3) is 4.53. The van der Waals surface area contributed by atoms with E-state index in [-0.39, 0.29) is 0 Å². The molecule has 1 unspecified atom stereocenters. The van der Waals surface area contributed by atoms with E-state index >= 15 is 0 Å². The average Bonchev–Trinajstić information content (AvgIpc) is 2.32. The van der Waals surface area contributed by atoms with Gasteiger partial charge in [0, 0.05) is 22.8 Å². The molecule has 1 aromatic rings. The molecule has 2 nitrogen and oxygen atoms in total. The van der Waals surface area contributed by atoms with Gasteiger partial charge >= 0.3 is 0 Å². The minimum absolute atomic E-state index is 0.572. The zero-order chi connectivity index (χ0) is 12.8. The van der Waals surface area contributed by atoms with E-state index in [0.717, 1.165) is 22.5 Å². The Hall–Kier alpha value is -0.190. The lowest BCUT2D eigenvalue weighted by molar-refractivity contribution is 0.269. The van der Waals surface area contributed by atoms with Crippen molar-refractivity contribution in [1.82, 2.24) is 4.90 Å². The fraction of sp³-hybridized carbons (Fsp3) is 0.538. The molecule has 17 heavy (non-hydrogen) atoms. The van der Waals surface area contributed by atoms with Gasteiger partial charge in [0.15, 0.2) is 0 Å². The molecular weight excluding hydrogens is 298 g/mol. The highest BCUT2D eigenvalue weighted by Gasteiger charge is 2.11. The first-order chi connectivity index (χ1) is 8.08. The van der Waals surface area contributed by atoms with Gasteiger partial charge in [0.1, 0.15) is 5.75 Å². The Bertz CT molecular complexity index is 359. The number of benzene rings is 1. The van der Waals surface area contributed by atoms with Crippen LogP contribution < -0.4 is 4.74 Å². The van der Waals surface area contributed by atoms with Gasteiger partial charge in [0.25, 0.3) is 0 Å². The maximum absolute atomic E-state index is 5.26. The standard InChI is InChI=1S/C13H20BrNOS/c1-10(9-17-4)15(2)8-11-7-12(16-3)5-6-13(11)14/h5-7,10H,8-9H2,1-4H3. The molecule has 0 heterocycles. The van der Waals surface area contributed by atoms with Gasteiger partial charge in [-0.25, -0.2) is 0 Å². The molecule has 0 radical (unpaired) electrons. The van der Waals surface area contributed by atoms with Gasteiger partial charge in [-0.15, -0.1) is 0 Å².